The summed E-state index contributed by atoms with van der Waals surface area (Å²) in [5.74, 6) is -0.322. The lowest BCUT2D eigenvalue weighted by Crippen LogP contribution is -2.43. The molecule has 0 saturated heterocycles. The van der Waals surface area contributed by atoms with Crippen molar-refractivity contribution in [3.05, 3.63) is 23.2 Å². The third-order valence-electron chi connectivity index (χ3n) is 6.00. The number of benzene rings is 1. The summed E-state index contributed by atoms with van der Waals surface area (Å²) in [6.07, 6.45) is 1.83. The van der Waals surface area contributed by atoms with Crippen LogP contribution in [0.1, 0.15) is 33.1 Å². The monoisotopic (exact) mass is 407 g/mol. The Kier molecular flexibility index (Phi) is 4.72. The van der Waals surface area contributed by atoms with Crippen LogP contribution in [0.4, 0.5) is 14.5 Å². The predicted molar refractivity (Wildman–Crippen MR) is 94.1 cm³/mol. The molecule has 1 N–H and O–H groups in total. The number of hydrogen-bond acceptors (Lipinski definition) is 4. The van der Waals surface area contributed by atoms with Crippen molar-refractivity contribution >= 4 is 33.1 Å². The molecule has 0 spiro atoms. The van der Waals surface area contributed by atoms with Crippen LogP contribution >= 0.6 is 11.6 Å². The number of rotatable bonds is 6. The van der Waals surface area contributed by atoms with Gasteiger partial charge in [0, 0.05) is 6.42 Å². The fraction of sp³-hybridized carbons (Fsp3) is 0.588. The van der Waals surface area contributed by atoms with Crippen LogP contribution in [0.3, 0.4) is 0 Å². The summed E-state index contributed by atoms with van der Waals surface area (Å²) in [6, 6.07) is 3.66. The second-order valence-electron chi connectivity index (χ2n) is 7.55. The number of nitrogens with one attached hydrogen (secondary N) is 1. The molecule has 0 unspecified atom stereocenters. The second kappa shape index (κ2) is 6.34. The van der Waals surface area contributed by atoms with Crippen molar-refractivity contribution in [1.29, 1.82) is 0 Å². The van der Waals surface area contributed by atoms with Gasteiger partial charge in [-0.25, -0.2) is 8.42 Å². The molecule has 2 saturated carbocycles. The zero-order valence-corrected chi connectivity index (χ0v) is 16.0. The zero-order valence-electron chi connectivity index (χ0n) is 14.4. The van der Waals surface area contributed by atoms with E-state index in [-0.39, 0.29) is 39.3 Å². The standard InChI is InChI=1S/C17H20ClF2NO4S/c1-16(2)10-5-6-17(16,14(22)7-10)9-26(23,24)21-11-3-4-13(12(18)8-11)25-15(19)20/h3-4,8,10,15,21H,5-7,9H2,1-2H3/t10-,17+/m1/s1. The number of ketones is 1. The number of hydrogen-bond donors (Lipinski definition) is 1. The Balaban J connectivity index is 1.80. The van der Waals surface area contributed by atoms with Crippen molar-refractivity contribution in [1.82, 2.24) is 0 Å². The minimum absolute atomic E-state index is 0.00263. The van der Waals surface area contributed by atoms with Crippen LogP contribution in [0, 0.1) is 16.7 Å². The molecule has 0 aromatic heterocycles. The molecule has 26 heavy (non-hydrogen) atoms. The van der Waals surface area contributed by atoms with Crippen LogP contribution in [0.5, 0.6) is 5.75 Å². The maximum atomic E-state index is 12.7. The molecule has 1 aromatic carbocycles. The van der Waals surface area contributed by atoms with E-state index in [0.717, 1.165) is 6.42 Å². The smallest absolute Gasteiger partial charge is 0.387 e. The Morgan fingerprint density at radius 2 is 2.08 bits per heavy atom. The van der Waals surface area contributed by atoms with Gasteiger partial charge in [0.05, 0.1) is 21.9 Å². The number of alkyl halides is 2. The summed E-state index contributed by atoms with van der Waals surface area (Å²) in [4.78, 5) is 12.5. The SMILES string of the molecule is CC1(C)[C@@H]2CC[C@]1(CS(=O)(=O)Nc1ccc(OC(F)F)c(Cl)c1)C(=O)C2. The summed E-state index contributed by atoms with van der Waals surface area (Å²) in [5.41, 5.74) is -1.12. The number of fused-ring (bicyclic) bond motifs is 2. The highest BCUT2D eigenvalue weighted by molar-refractivity contribution is 7.92. The molecule has 144 valence electrons. The van der Waals surface area contributed by atoms with Gasteiger partial charge in [-0.2, -0.15) is 8.78 Å². The highest BCUT2D eigenvalue weighted by Crippen LogP contribution is 2.64. The first-order valence-corrected chi connectivity index (χ1v) is 10.3. The molecule has 2 aliphatic rings. The van der Waals surface area contributed by atoms with Crippen molar-refractivity contribution in [2.45, 2.75) is 39.7 Å². The van der Waals surface area contributed by atoms with Gasteiger partial charge in [-0.05, 0) is 42.4 Å². The fourth-order valence-corrected chi connectivity index (χ4v) is 6.51. The van der Waals surface area contributed by atoms with Crippen molar-refractivity contribution in [2.75, 3.05) is 10.5 Å². The van der Waals surface area contributed by atoms with Gasteiger partial charge in [-0.1, -0.05) is 25.4 Å². The normalized spacial score (nSPS) is 27.2. The minimum Gasteiger partial charge on any atom is -0.433 e. The zero-order chi connectivity index (χ0) is 19.3. The maximum absolute atomic E-state index is 12.7. The van der Waals surface area contributed by atoms with E-state index in [1.807, 2.05) is 13.8 Å². The van der Waals surface area contributed by atoms with Gasteiger partial charge in [0.1, 0.15) is 11.5 Å². The fourth-order valence-electron chi connectivity index (χ4n) is 4.40. The van der Waals surface area contributed by atoms with Gasteiger partial charge in [0.15, 0.2) is 0 Å². The van der Waals surface area contributed by atoms with Crippen molar-refractivity contribution < 1.29 is 26.7 Å². The number of carbonyl (C=O) groups excluding carboxylic acids is 1. The lowest BCUT2D eigenvalue weighted by molar-refractivity contribution is -0.128. The van der Waals surface area contributed by atoms with E-state index in [1.165, 1.54) is 18.2 Å². The number of carbonyl (C=O) groups is 1. The van der Waals surface area contributed by atoms with Gasteiger partial charge >= 0.3 is 6.61 Å². The van der Waals surface area contributed by atoms with E-state index >= 15 is 0 Å². The van der Waals surface area contributed by atoms with E-state index in [4.69, 9.17) is 11.6 Å². The van der Waals surface area contributed by atoms with E-state index in [0.29, 0.717) is 12.8 Å². The van der Waals surface area contributed by atoms with Crippen molar-refractivity contribution in [3.63, 3.8) is 0 Å². The first-order chi connectivity index (χ1) is 12.0. The largest absolute Gasteiger partial charge is 0.433 e. The molecular formula is C17H20ClF2NO4S. The van der Waals surface area contributed by atoms with E-state index < -0.39 is 22.0 Å². The minimum atomic E-state index is -3.84. The van der Waals surface area contributed by atoms with Crippen LogP contribution in [0.15, 0.2) is 18.2 Å². The maximum Gasteiger partial charge on any atom is 0.387 e. The molecule has 9 heteroatoms. The van der Waals surface area contributed by atoms with E-state index in [1.54, 1.807) is 0 Å². The highest BCUT2D eigenvalue weighted by Gasteiger charge is 2.65. The molecule has 2 atom stereocenters. The molecule has 0 radical (unpaired) electrons. The highest BCUT2D eigenvalue weighted by atomic mass is 35.5. The molecule has 0 heterocycles. The van der Waals surface area contributed by atoms with Crippen LogP contribution in [0.25, 0.3) is 0 Å². The number of halogens is 3. The quantitative estimate of drug-likeness (QED) is 0.771. The Bertz CT molecular complexity index is 843. The Morgan fingerprint density at radius 3 is 2.58 bits per heavy atom. The Morgan fingerprint density at radius 1 is 1.38 bits per heavy atom. The molecule has 2 bridgehead atoms. The van der Waals surface area contributed by atoms with Gasteiger partial charge in [-0.3, -0.25) is 9.52 Å². The molecular weight excluding hydrogens is 388 g/mol. The molecule has 1 aromatic rings. The number of ether oxygens (including phenoxy) is 1. The average molecular weight is 408 g/mol. The predicted octanol–water partition coefficient (Wildman–Crippen LogP) is 4.08. The van der Waals surface area contributed by atoms with E-state index in [2.05, 4.69) is 9.46 Å². The van der Waals surface area contributed by atoms with Gasteiger partial charge < -0.3 is 4.74 Å². The molecule has 3 rings (SSSR count). The van der Waals surface area contributed by atoms with Crippen LogP contribution in [-0.4, -0.2) is 26.6 Å². The first-order valence-electron chi connectivity index (χ1n) is 8.25. The molecule has 0 aliphatic heterocycles. The molecule has 5 nitrogen and oxygen atoms in total. The average Bonchev–Trinajstić information content (AvgIpc) is 2.83. The number of anilines is 1. The summed E-state index contributed by atoms with van der Waals surface area (Å²) in [5, 5.41) is -0.137. The summed E-state index contributed by atoms with van der Waals surface area (Å²) in [6.45, 7) is 0.886. The van der Waals surface area contributed by atoms with Crippen LogP contribution in [-0.2, 0) is 14.8 Å². The Labute approximate surface area is 156 Å². The summed E-state index contributed by atoms with van der Waals surface area (Å²) in [7, 11) is -3.84. The lowest BCUT2D eigenvalue weighted by atomic mass is 9.70. The van der Waals surface area contributed by atoms with Crippen molar-refractivity contribution in [2.24, 2.45) is 16.7 Å². The first kappa shape index (κ1) is 19.4. The van der Waals surface area contributed by atoms with Gasteiger partial charge in [0.2, 0.25) is 10.0 Å². The lowest BCUT2D eigenvalue weighted by Gasteiger charge is -2.36. The molecule has 0 amide bonds. The molecule has 2 aliphatic carbocycles. The summed E-state index contributed by atoms with van der Waals surface area (Å²) < 4.78 is 56.5. The van der Waals surface area contributed by atoms with E-state index in [9.17, 15) is 22.0 Å². The Hall–Kier alpha value is -1.41. The summed E-state index contributed by atoms with van der Waals surface area (Å²) >= 11 is 5.86. The third-order valence-corrected chi connectivity index (χ3v) is 7.71. The third kappa shape index (κ3) is 3.17. The van der Waals surface area contributed by atoms with Crippen molar-refractivity contribution in [3.8, 4) is 5.75 Å². The van der Waals surface area contributed by atoms with Crippen LogP contribution < -0.4 is 9.46 Å². The topological polar surface area (TPSA) is 72.5 Å². The number of sulfonamides is 1. The van der Waals surface area contributed by atoms with Gasteiger partial charge in [0.25, 0.3) is 0 Å². The second-order valence-corrected chi connectivity index (χ2v) is 9.68. The van der Waals surface area contributed by atoms with Crippen LogP contribution in [0.2, 0.25) is 5.02 Å². The van der Waals surface area contributed by atoms with Gasteiger partial charge in [-0.15, -0.1) is 0 Å². The molecule has 2 fully saturated rings. The number of Topliss-reactive ketones (excluding diaryl/α,β-unsaturated/α-hetero) is 1.